The quantitative estimate of drug-likeness (QED) is 0.728. The third-order valence-electron chi connectivity index (χ3n) is 5.58. The highest BCUT2D eigenvalue weighted by atomic mass is 16.5. The predicted molar refractivity (Wildman–Crippen MR) is 106 cm³/mol. The molecule has 0 atom stereocenters. The molecule has 1 saturated heterocycles. The largest absolute Gasteiger partial charge is 0.491 e. The van der Waals surface area contributed by atoms with E-state index in [1.165, 1.54) is 25.9 Å². The van der Waals surface area contributed by atoms with Gasteiger partial charge in [0.05, 0.1) is 23.7 Å². The van der Waals surface area contributed by atoms with Crippen LogP contribution >= 0.6 is 0 Å². The van der Waals surface area contributed by atoms with Gasteiger partial charge in [-0.15, -0.1) is 0 Å². The molecule has 27 heavy (non-hydrogen) atoms. The maximum absolute atomic E-state index is 5.77. The number of rotatable bonds is 5. The number of pyridine rings is 2. The van der Waals surface area contributed by atoms with E-state index in [-0.39, 0.29) is 6.10 Å². The Balaban J connectivity index is 1.36. The summed E-state index contributed by atoms with van der Waals surface area (Å²) in [4.78, 5) is 9.37. The van der Waals surface area contributed by atoms with Crippen LogP contribution in [0.25, 0.3) is 17.0 Å². The number of ether oxygens (including phenoxy) is 1. The van der Waals surface area contributed by atoms with Crippen LogP contribution in [0.3, 0.4) is 0 Å². The molecular formula is C21H25N5O. The Morgan fingerprint density at radius 3 is 2.85 bits per heavy atom. The standard InChI is InChI=1S/C21H25N5O/c1-14(2)27-16-6-7-26-18(11-23-20(26)8-16)17-4-3-5-19(25-17)24-15-9-21(10-15)12-22-13-21/h3-8,11,14-15,22H,9-10,12-13H2,1-2H3,(H,24,25). The van der Waals surface area contributed by atoms with E-state index < -0.39 is 0 Å². The predicted octanol–water partition coefficient (Wildman–Crippen LogP) is 3.35. The van der Waals surface area contributed by atoms with Crippen LogP contribution in [-0.4, -0.2) is 39.6 Å². The van der Waals surface area contributed by atoms with E-state index >= 15 is 0 Å². The van der Waals surface area contributed by atoms with Gasteiger partial charge in [-0.2, -0.15) is 0 Å². The van der Waals surface area contributed by atoms with Gasteiger partial charge in [0, 0.05) is 31.4 Å². The minimum atomic E-state index is 0.146. The number of nitrogens with one attached hydrogen (secondary N) is 2. The van der Waals surface area contributed by atoms with Crippen LogP contribution in [0.15, 0.2) is 42.7 Å². The third kappa shape index (κ3) is 3.04. The van der Waals surface area contributed by atoms with E-state index in [1.54, 1.807) is 0 Å². The molecule has 2 N–H and O–H groups in total. The van der Waals surface area contributed by atoms with Crippen molar-refractivity contribution in [2.75, 3.05) is 18.4 Å². The minimum Gasteiger partial charge on any atom is -0.491 e. The van der Waals surface area contributed by atoms with Gasteiger partial charge in [0.1, 0.15) is 17.2 Å². The van der Waals surface area contributed by atoms with E-state index in [0.29, 0.717) is 11.5 Å². The summed E-state index contributed by atoms with van der Waals surface area (Å²) in [7, 11) is 0. The molecule has 2 aliphatic rings. The fraction of sp³-hybridized carbons (Fsp3) is 0.429. The maximum atomic E-state index is 5.77. The molecular weight excluding hydrogens is 338 g/mol. The van der Waals surface area contributed by atoms with Crippen LogP contribution in [0.1, 0.15) is 26.7 Å². The normalized spacial score (nSPS) is 18.5. The Morgan fingerprint density at radius 2 is 2.11 bits per heavy atom. The van der Waals surface area contributed by atoms with E-state index in [9.17, 15) is 0 Å². The van der Waals surface area contributed by atoms with Gasteiger partial charge in [0.15, 0.2) is 0 Å². The van der Waals surface area contributed by atoms with Gasteiger partial charge in [-0.05, 0) is 50.3 Å². The number of fused-ring (bicyclic) bond motifs is 1. The average Bonchev–Trinajstić information content (AvgIpc) is 2.99. The molecule has 2 fully saturated rings. The summed E-state index contributed by atoms with van der Waals surface area (Å²) in [5.74, 6) is 1.77. The minimum absolute atomic E-state index is 0.146. The van der Waals surface area contributed by atoms with E-state index in [1.807, 2.05) is 50.5 Å². The Labute approximate surface area is 159 Å². The molecule has 140 valence electrons. The molecule has 6 nitrogen and oxygen atoms in total. The molecule has 3 aromatic heterocycles. The highest BCUT2D eigenvalue weighted by Gasteiger charge is 2.48. The Bertz CT molecular complexity index is 968. The van der Waals surface area contributed by atoms with Gasteiger partial charge in [-0.25, -0.2) is 9.97 Å². The van der Waals surface area contributed by atoms with Crippen molar-refractivity contribution in [2.24, 2.45) is 5.41 Å². The second-order valence-electron chi connectivity index (χ2n) is 8.16. The molecule has 6 heteroatoms. The molecule has 0 amide bonds. The average molecular weight is 363 g/mol. The third-order valence-corrected chi connectivity index (χ3v) is 5.58. The molecule has 0 aromatic carbocycles. The number of imidazole rings is 1. The van der Waals surface area contributed by atoms with Gasteiger partial charge in [-0.1, -0.05) is 6.07 Å². The van der Waals surface area contributed by atoms with Crippen LogP contribution in [-0.2, 0) is 0 Å². The summed E-state index contributed by atoms with van der Waals surface area (Å²) in [6.45, 7) is 6.38. The first-order valence-corrected chi connectivity index (χ1v) is 9.69. The van der Waals surface area contributed by atoms with Crippen LogP contribution in [0.5, 0.6) is 5.75 Å². The lowest BCUT2D eigenvalue weighted by Gasteiger charge is -2.54. The van der Waals surface area contributed by atoms with Crippen molar-refractivity contribution >= 4 is 11.5 Å². The van der Waals surface area contributed by atoms with E-state index in [0.717, 1.165) is 28.6 Å². The fourth-order valence-corrected chi connectivity index (χ4v) is 4.22. The van der Waals surface area contributed by atoms with E-state index in [4.69, 9.17) is 9.72 Å². The highest BCUT2D eigenvalue weighted by Crippen LogP contribution is 2.45. The summed E-state index contributed by atoms with van der Waals surface area (Å²) in [5, 5.41) is 6.98. The highest BCUT2D eigenvalue weighted by molar-refractivity contribution is 5.63. The lowest BCUT2D eigenvalue weighted by molar-refractivity contribution is 0.0469. The van der Waals surface area contributed by atoms with Gasteiger partial charge < -0.3 is 15.4 Å². The summed E-state index contributed by atoms with van der Waals surface area (Å²) in [6, 6.07) is 10.6. The molecule has 1 saturated carbocycles. The molecule has 5 rings (SSSR count). The smallest absolute Gasteiger partial charge is 0.140 e. The first kappa shape index (κ1) is 16.6. The van der Waals surface area contributed by atoms with Crippen LogP contribution in [0, 0.1) is 5.41 Å². The van der Waals surface area contributed by atoms with Crippen molar-refractivity contribution < 1.29 is 4.74 Å². The Morgan fingerprint density at radius 1 is 1.26 bits per heavy atom. The van der Waals surface area contributed by atoms with Crippen molar-refractivity contribution in [1.29, 1.82) is 0 Å². The molecule has 3 aromatic rings. The molecule has 4 heterocycles. The van der Waals surface area contributed by atoms with Gasteiger partial charge in [0.25, 0.3) is 0 Å². The first-order chi connectivity index (χ1) is 13.1. The molecule has 1 aliphatic heterocycles. The topological polar surface area (TPSA) is 63.5 Å². The number of anilines is 1. The zero-order chi connectivity index (χ0) is 18.4. The Kier molecular flexibility index (Phi) is 3.82. The van der Waals surface area contributed by atoms with Gasteiger partial charge >= 0.3 is 0 Å². The number of aromatic nitrogens is 3. The summed E-state index contributed by atoms with van der Waals surface area (Å²) in [6.07, 6.45) is 6.49. The zero-order valence-corrected chi connectivity index (χ0v) is 15.8. The maximum Gasteiger partial charge on any atom is 0.140 e. The second kappa shape index (κ2) is 6.23. The monoisotopic (exact) mass is 363 g/mol. The van der Waals surface area contributed by atoms with Crippen LogP contribution in [0.2, 0.25) is 0 Å². The van der Waals surface area contributed by atoms with Crippen molar-refractivity contribution in [2.45, 2.75) is 38.8 Å². The number of nitrogens with zero attached hydrogens (tertiary/aromatic N) is 3. The Hall–Kier alpha value is -2.60. The molecule has 0 unspecified atom stereocenters. The van der Waals surface area contributed by atoms with Gasteiger partial charge in [-0.3, -0.25) is 4.40 Å². The summed E-state index contributed by atoms with van der Waals surface area (Å²) in [5.41, 5.74) is 3.33. The molecule has 1 spiro atoms. The molecule has 0 bridgehead atoms. The van der Waals surface area contributed by atoms with Crippen LogP contribution < -0.4 is 15.4 Å². The second-order valence-corrected chi connectivity index (χ2v) is 8.16. The van der Waals surface area contributed by atoms with Crippen molar-refractivity contribution in [3.8, 4) is 17.1 Å². The molecule has 0 radical (unpaired) electrons. The first-order valence-electron chi connectivity index (χ1n) is 9.69. The number of hydrogen-bond donors (Lipinski definition) is 2. The van der Waals surface area contributed by atoms with Crippen molar-refractivity contribution in [3.05, 3.63) is 42.7 Å². The van der Waals surface area contributed by atoms with Crippen molar-refractivity contribution in [1.82, 2.24) is 19.7 Å². The zero-order valence-electron chi connectivity index (χ0n) is 15.8. The van der Waals surface area contributed by atoms with Crippen molar-refractivity contribution in [3.63, 3.8) is 0 Å². The summed E-state index contributed by atoms with van der Waals surface area (Å²) < 4.78 is 7.82. The van der Waals surface area contributed by atoms with E-state index in [2.05, 4.69) is 26.1 Å². The fourth-order valence-electron chi connectivity index (χ4n) is 4.22. The lowest BCUT2D eigenvalue weighted by Crippen LogP contribution is -2.63. The number of hydrogen-bond acceptors (Lipinski definition) is 5. The van der Waals surface area contributed by atoms with Crippen LogP contribution in [0.4, 0.5) is 5.82 Å². The SMILES string of the molecule is CC(C)Oc1ccn2c(-c3cccc(NC4CC5(CNC5)C4)n3)cnc2c1. The summed E-state index contributed by atoms with van der Waals surface area (Å²) >= 11 is 0. The molecule has 1 aliphatic carbocycles. The lowest BCUT2D eigenvalue weighted by atomic mass is 9.62. The van der Waals surface area contributed by atoms with Gasteiger partial charge in [0.2, 0.25) is 0 Å².